The summed E-state index contributed by atoms with van der Waals surface area (Å²) >= 11 is 1.61. The highest BCUT2D eigenvalue weighted by Gasteiger charge is 2.39. The van der Waals surface area contributed by atoms with Crippen molar-refractivity contribution in [3.63, 3.8) is 0 Å². The number of hydrogen-bond acceptors (Lipinski definition) is 7. The van der Waals surface area contributed by atoms with E-state index in [1.165, 1.54) is 0 Å². The first kappa shape index (κ1) is 29.8. The van der Waals surface area contributed by atoms with Crippen molar-refractivity contribution in [2.24, 2.45) is 4.99 Å². The third kappa shape index (κ3) is 5.44. The number of nitrogens with zero attached hydrogens (tertiary/aromatic N) is 4. The second-order valence-electron chi connectivity index (χ2n) is 12.2. The molecule has 1 N–H and O–H groups in total. The van der Waals surface area contributed by atoms with Crippen LogP contribution in [0.3, 0.4) is 0 Å². The molecular formula is C43H29N5OS. The van der Waals surface area contributed by atoms with Crippen LogP contribution in [0.5, 0.6) is 5.75 Å². The van der Waals surface area contributed by atoms with Crippen molar-refractivity contribution in [2.75, 3.05) is 0 Å². The Balaban J connectivity index is 1.09. The SMILES string of the molecule is N=C(C1=CC=CC2Oc3cc(-c4nc(-c5ccccc5)nc(-c5ccccc5)n4)ccc3C12)c1sc2ccccc2c1/N=C/c1ccccc1. The molecule has 0 amide bonds. The summed E-state index contributed by atoms with van der Waals surface area (Å²) in [6.45, 7) is 0. The number of allylic oxidation sites excluding steroid dienone is 2. The highest BCUT2D eigenvalue weighted by atomic mass is 32.1. The number of ether oxygens (including phenoxy) is 1. The van der Waals surface area contributed by atoms with Crippen LogP contribution >= 0.6 is 11.3 Å². The van der Waals surface area contributed by atoms with E-state index in [0.29, 0.717) is 23.2 Å². The number of fused-ring (bicyclic) bond motifs is 4. The van der Waals surface area contributed by atoms with Crippen molar-refractivity contribution in [1.29, 1.82) is 5.41 Å². The van der Waals surface area contributed by atoms with E-state index in [4.69, 9.17) is 24.7 Å². The van der Waals surface area contributed by atoms with Gasteiger partial charge in [-0.1, -0.05) is 133 Å². The fourth-order valence-electron chi connectivity index (χ4n) is 6.61. The Hall–Kier alpha value is -6.31. The number of thiophene rings is 1. The smallest absolute Gasteiger partial charge is 0.164 e. The summed E-state index contributed by atoms with van der Waals surface area (Å²) in [6, 6.07) is 44.4. The Bertz CT molecular complexity index is 2430. The second-order valence-corrected chi connectivity index (χ2v) is 13.2. The fraction of sp³-hybridized carbons (Fsp3) is 0.0465. The first-order valence-electron chi connectivity index (χ1n) is 16.5. The Morgan fingerprint density at radius 1 is 0.700 bits per heavy atom. The van der Waals surface area contributed by atoms with Crippen LogP contribution in [0.4, 0.5) is 5.69 Å². The van der Waals surface area contributed by atoms with Crippen molar-refractivity contribution < 1.29 is 4.74 Å². The Kier molecular flexibility index (Phi) is 7.52. The average molecular weight is 664 g/mol. The molecule has 2 atom stereocenters. The lowest BCUT2D eigenvalue weighted by molar-refractivity contribution is 0.267. The Morgan fingerprint density at radius 3 is 2.02 bits per heavy atom. The third-order valence-electron chi connectivity index (χ3n) is 9.04. The molecule has 0 radical (unpaired) electrons. The molecule has 2 unspecified atom stereocenters. The van der Waals surface area contributed by atoms with Gasteiger partial charge in [0.25, 0.3) is 0 Å². The van der Waals surface area contributed by atoms with Crippen LogP contribution in [0.25, 0.3) is 44.2 Å². The molecule has 0 saturated heterocycles. The van der Waals surface area contributed by atoms with Gasteiger partial charge in [0.2, 0.25) is 0 Å². The van der Waals surface area contributed by atoms with Crippen LogP contribution in [0.1, 0.15) is 21.9 Å². The maximum Gasteiger partial charge on any atom is 0.164 e. The monoisotopic (exact) mass is 663 g/mol. The molecule has 2 aliphatic rings. The molecule has 0 bridgehead atoms. The lowest BCUT2D eigenvalue weighted by Crippen LogP contribution is -2.23. The maximum atomic E-state index is 9.61. The van der Waals surface area contributed by atoms with E-state index in [1.54, 1.807) is 11.3 Å². The predicted molar refractivity (Wildman–Crippen MR) is 203 cm³/mol. The summed E-state index contributed by atoms with van der Waals surface area (Å²) in [5.41, 5.74) is 6.92. The minimum Gasteiger partial charge on any atom is -0.485 e. The molecule has 0 spiro atoms. The van der Waals surface area contributed by atoms with Gasteiger partial charge in [0.05, 0.1) is 22.2 Å². The summed E-state index contributed by atoms with van der Waals surface area (Å²) in [6.07, 6.45) is 7.78. The molecule has 0 fully saturated rings. The highest BCUT2D eigenvalue weighted by molar-refractivity contribution is 7.21. The first-order valence-corrected chi connectivity index (χ1v) is 17.3. The number of nitrogens with one attached hydrogen (secondary N) is 1. The van der Waals surface area contributed by atoms with Crippen molar-refractivity contribution in [3.8, 4) is 39.9 Å². The largest absolute Gasteiger partial charge is 0.485 e. The quantitative estimate of drug-likeness (QED) is 0.172. The van der Waals surface area contributed by atoms with Crippen molar-refractivity contribution in [1.82, 2.24) is 15.0 Å². The Morgan fingerprint density at radius 2 is 1.32 bits per heavy atom. The molecule has 2 aromatic heterocycles. The molecule has 1 aliphatic carbocycles. The van der Waals surface area contributed by atoms with Gasteiger partial charge in [0.1, 0.15) is 11.9 Å². The lowest BCUT2D eigenvalue weighted by Gasteiger charge is -2.23. The summed E-state index contributed by atoms with van der Waals surface area (Å²) < 4.78 is 7.69. The number of aromatic nitrogens is 3. The maximum absolute atomic E-state index is 9.61. The molecule has 7 aromatic rings. The van der Waals surface area contributed by atoms with E-state index in [1.807, 2.05) is 121 Å². The van der Waals surface area contributed by atoms with Crippen LogP contribution in [0.15, 0.2) is 162 Å². The normalized spacial score (nSPS) is 16.2. The van der Waals surface area contributed by atoms with Gasteiger partial charge >= 0.3 is 0 Å². The molecule has 3 heterocycles. The van der Waals surface area contributed by atoms with Crippen LogP contribution < -0.4 is 4.74 Å². The molecule has 1 aliphatic heterocycles. The fourth-order valence-corrected chi connectivity index (χ4v) is 7.73. The van der Waals surface area contributed by atoms with Gasteiger partial charge in [-0.15, -0.1) is 11.3 Å². The molecular weight excluding hydrogens is 635 g/mol. The standard InChI is InChI=1S/C43H29N5OS/c44-38(40-39(32-19-10-11-22-36(32)50-40)45-26-27-13-4-1-5-14-27)33-20-12-21-34-37(33)31-24-23-30(25-35(31)49-34)43-47-41(28-15-6-2-7-16-28)46-42(48-43)29-17-8-3-9-18-29/h1-26,34,37,44H/b44-38?,45-26+. The van der Waals surface area contributed by atoms with Crippen LogP contribution in [0, 0.1) is 5.41 Å². The number of aliphatic imine (C=N–C) groups is 1. The zero-order valence-electron chi connectivity index (χ0n) is 26.8. The van der Waals surface area contributed by atoms with Crippen molar-refractivity contribution in [3.05, 3.63) is 173 Å². The van der Waals surface area contributed by atoms with E-state index in [-0.39, 0.29) is 12.0 Å². The molecule has 238 valence electrons. The molecule has 50 heavy (non-hydrogen) atoms. The molecule has 0 saturated carbocycles. The van der Waals surface area contributed by atoms with E-state index in [0.717, 1.165) is 59.8 Å². The van der Waals surface area contributed by atoms with Gasteiger partial charge in [-0.05, 0) is 29.3 Å². The summed E-state index contributed by atoms with van der Waals surface area (Å²) in [5.74, 6) is 2.43. The van der Waals surface area contributed by atoms with Gasteiger partial charge in [-0.2, -0.15) is 0 Å². The summed E-state index contributed by atoms with van der Waals surface area (Å²) in [7, 11) is 0. The highest BCUT2D eigenvalue weighted by Crippen LogP contribution is 2.48. The van der Waals surface area contributed by atoms with E-state index in [2.05, 4.69) is 36.4 Å². The predicted octanol–water partition coefficient (Wildman–Crippen LogP) is 10.2. The average Bonchev–Trinajstić information content (AvgIpc) is 3.76. The number of hydrogen-bond donors (Lipinski definition) is 1. The van der Waals surface area contributed by atoms with Crippen LogP contribution in [0.2, 0.25) is 0 Å². The topological polar surface area (TPSA) is 84.1 Å². The second kappa shape index (κ2) is 12.6. The zero-order valence-corrected chi connectivity index (χ0v) is 27.6. The van der Waals surface area contributed by atoms with Gasteiger partial charge in [-0.3, -0.25) is 10.4 Å². The van der Waals surface area contributed by atoms with Gasteiger partial charge in [-0.25, -0.2) is 15.0 Å². The van der Waals surface area contributed by atoms with E-state index < -0.39 is 0 Å². The molecule has 9 rings (SSSR count). The minimum absolute atomic E-state index is 0.133. The Labute approximate surface area is 293 Å². The van der Waals surface area contributed by atoms with Gasteiger partial charge < -0.3 is 4.74 Å². The minimum atomic E-state index is -0.232. The van der Waals surface area contributed by atoms with E-state index in [9.17, 15) is 5.41 Å². The number of rotatable bonds is 7. The van der Waals surface area contributed by atoms with Crippen molar-refractivity contribution >= 4 is 39.0 Å². The van der Waals surface area contributed by atoms with Crippen LogP contribution in [-0.2, 0) is 0 Å². The molecule has 5 aromatic carbocycles. The molecule has 6 nitrogen and oxygen atoms in total. The summed E-state index contributed by atoms with van der Waals surface area (Å²) in [4.78, 5) is 20.5. The third-order valence-corrected chi connectivity index (χ3v) is 10.2. The van der Waals surface area contributed by atoms with Crippen molar-refractivity contribution in [2.45, 2.75) is 12.0 Å². The zero-order chi connectivity index (χ0) is 33.4. The first-order chi connectivity index (χ1) is 24.7. The van der Waals surface area contributed by atoms with Crippen LogP contribution in [-0.4, -0.2) is 33.0 Å². The molecule has 7 heteroatoms. The van der Waals surface area contributed by atoms with Gasteiger partial charge in [0, 0.05) is 38.6 Å². The lowest BCUT2D eigenvalue weighted by atomic mass is 9.81. The van der Waals surface area contributed by atoms with Gasteiger partial charge in [0.15, 0.2) is 17.5 Å². The number of benzene rings is 5. The summed E-state index contributed by atoms with van der Waals surface area (Å²) in [5, 5.41) is 10.7. The van der Waals surface area contributed by atoms with E-state index >= 15 is 0 Å².